The number of benzene rings is 2. The normalized spacial score (nSPS) is 11.8. The second-order valence-corrected chi connectivity index (χ2v) is 6.92. The molecular weight excluding hydrogens is 278 g/mol. The Hall–Kier alpha value is -1.94. The molecule has 3 aromatic rings. The highest BCUT2D eigenvalue weighted by molar-refractivity contribution is 7.09. The number of nitrogens with zero attached hydrogens (tertiary/aromatic N) is 2. The van der Waals surface area contributed by atoms with Crippen LogP contribution in [0.4, 0.5) is 5.13 Å². The second-order valence-electron chi connectivity index (χ2n) is 6.16. The molecule has 0 aliphatic carbocycles. The van der Waals surface area contributed by atoms with Crippen molar-refractivity contribution in [3.63, 3.8) is 0 Å². The molecule has 0 bridgehead atoms. The number of hydrogen-bond donors (Lipinski definition) is 1. The zero-order valence-electron chi connectivity index (χ0n) is 12.6. The molecule has 1 aromatic heterocycles. The van der Waals surface area contributed by atoms with Crippen LogP contribution < -0.4 is 5.32 Å². The van der Waals surface area contributed by atoms with Gasteiger partial charge in [-0.2, -0.15) is 4.37 Å². The van der Waals surface area contributed by atoms with Gasteiger partial charge in [-0.3, -0.25) is 0 Å². The lowest BCUT2D eigenvalue weighted by Gasteiger charge is -2.12. The average molecular weight is 297 g/mol. The molecule has 0 unspecified atom stereocenters. The predicted octanol–water partition coefficient (Wildman–Crippen LogP) is 4.60. The fourth-order valence-electron chi connectivity index (χ4n) is 2.22. The van der Waals surface area contributed by atoms with Gasteiger partial charge in [-0.05, 0) is 16.3 Å². The lowest BCUT2D eigenvalue weighted by Crippen LogP contribution is -2.13. The largest absolute Gasteiger partial charge is 0.356 e. The van der Waals surface area contributed by atoms with E-state index in [4.69, 9.17) is 0 Å². The third kappa shape index (κ3) is 3.05. The van der Waals surface area contributed by atoms with E-state index < -0.39 is 0 Å². The lowest BCUT2D eigenvalue weighted by atomic mass is 9.96. The number of aromatic nitrogens is 2. The molecule has 0 atom stereocenters. The van der Waals surface area contributed by atoms with Gasteiger partial charge in [-0.15, -0.1) is 0 Å². The molecule has 0 aliphatic heterocycles. The van der Waals surface area contributed by atoms with E-state index >= 15 is 0 Å². The van der Waals surface area contributed by atoms with Crippen molar-refractivity contribution in [1.82, 2.24) is 9.36 Å². The summed E-state index contributed by atoms with van der Waals surface area (Å²) >= 11 is 1.43. The van der Waals surface area contributed by atoms with Gasteiger partial charge < -0.3 is 5.32 Å². The summed E-state index contributed by atoms with van der Waals surface area (Å²) < 4.78 is 4.43. The van der Waals surface area contributed by atoms with Crippen LogP contribution in [0.1, 0.15) is 32.2 Å². The Kier molecular flexibility index (Phi) is 3.64. The van der Waals surface area contributed by atoms with E-state index in [2.05, 4.69) is 77.9 Å². The smallest absolute Gasteiger partial charge is 0.202 e. The molecule has 0 saturated carbocycles. The van der Waals surface area contributed by atoms with Crippen molar-refractivity contribution in [2.75, 3.05) is 5.32 Å². The van der Waals surface area contributed by atoms with Gasteiger partial charge in [-0.1, -0.05) is 63.2 Å². The van der Waals surface area contributed by atoms with E-state index in [0.29, 0.717) is 0 Å². The second kappa shape index (κ2) is 5.45. The average Bonchev–Trinajstić information content (AvgIpc) is 2.94. The summed E-state index contributed by atoms with van der Waals surface area (Å²) in [6.45, 7) is 7.15. The monoisotopic (exact) mass is 297 g/mol. The predicted molar refractivity (Wildman–Crippen MR) is 89.9 cm³/mol. The van der Waals surface area contributed by atoms with E-state index in [1.165, 1.54) is 27.9 Å². The van der Waals surface area contributed by atoms with E-state index in [1.807, 2.05) is 0 Å². The number of anilines is 1. The quantitative estimate of drug-likeness (QED) is 0.767. The molecule has 1 N–H and O–H groups in total. The Morgan fingerprint density at radius 1 is 1.05 bits per heavy atom. The van der Waals surface area contributed by atoms with Crippen LogP contribution >= 0.6 is 11.5 Å². The van der Waals surface area contributed by atoms with Gasteiger partial charge in [0.25, 0.3) is 0 Å². The molecule has 0 saturated heterocycles. The first-order valence-corrected chi connectivity index (χ1v) is 7.86. The van der Waals surface area contributed by atoms with Gasteiger partial charge in [0, 0.05) is 23.5 Å². The van der Waals surface area contributed by atoms with Crippen molar-refractivity contribution in [1.29, 1.82) is 0 Å². The fraction of sp³-hybridized carbons (Fsp3) is 0.294. The molecule has 0 aliphatic rings. The summed E-state index contributed by atoms with van der Waals surface area (Å²) in [6, 6.07) is 14.8. The van der Waals surface area contributed by atoms with Gasteiger partial charge in [0.05, 0.1) is 0 Å². The maximum Gasteiger partial charge on any atom is 0.202 e. The molecular formula is C17H19N3S. The van der Waals surface area contributed by atoms with Crippen molar-refractivity contribution < 1.29 is 0 Å². The minimum absolute atomic E-state index is 0.00409. The number of fused-ring (bicyclic) bond motifs is 1. The summed E-state index contributed by atoms with van der Waals surface area (Å²) in [5, 5.41) is 6.83. The van der Waals surface area contributed by atoms with E-state index in [0.717, 1.165) is 17.5 Å². The van der Waals surface area contributed by atoms with Crippen molar-refractivity contribution >= 4 is 27.4 Å². The van der Waals surface area contributed by atoms with Gasteiger partial charge >= 0.3 is 0 Å². The zero-order valence-corrected chi connectivity index (χ0v) is 13.4. The standard InChI is InChI=1S/C17H19N3S/c1-17(2,3)15-19-16(21-20-15)18-11-13-9-6-8-12-7-4-5-10-14(12)13/h4-10H,11H2,1-3H3,(H,18,19,20). The van der Waals surface area contributed by atoms with Crippen molar-refractivity contribution in [2.45, 2.75) is 32.7 Å². The van der Waals surface area contributed by atoms with Gasteiger partial charge in [-0.25, -0.2) is 4.98 Å². The molecule has 0 radical (unpaired) electrons. The Bertz CT molecular complexity index is 751. The van der Waals surface area contributed by atoms with Crippen LogP contribution in [0.2, 0.25) is 0 Å². The van der Waals surface area contributed by atoms with E-state index in [1.54, 1.807) is 0 Å². The van der Waals surface area contributed by atoms with Gasteiger partial charge in [0.15, 0.2) is 0 Å². The number of nitrogens with one attached hydrogen (secondary N) is 1. The molecule has 1 heterocycles. The summed E-state index contributed by atoms with van der Waals surface area (Å²) in [5.41, 5.74) is 1.27. The minimum atomic E-state index is -0.00409. The van der Waals surface area contributed by atoms with Crippen molar-refractivity contribution in [2.24, 2.45) is 0 Å². The summed E-state index contributed by atoms with van der Waals surface area (Å²) in [4.78, 5) is 4.57. The first-order chi connectivity index (χ1) is 10.0. The molecule has 0 fully saturated rings. The number of rotatable bonds is 3. The molecule has 3 rings (SSSR count). The SMILES string of the molecule is CC(C)(C)c1nsc(NCc2cccc3ccccc23)n1. The molecule has 21 heavy (non-hydrogen) atoms. The molecule has 108 valence electrons. The first-order valence-electron chi connectivity index (χ1n) is 7.09. The highest BCUT2D eigenvalue weighted by atomic mass is 32.1. The molecule has 0 spiro atoms. The Morgan fingerprint density at radius 3 is 2.57 bits per heavy atom. The van der Waals surface area contributed by atoms with Crippen LogP contribution in [-0.4, -0.2) is 9.36 Å². The van der Waals surface area contributed by atoms with Gasteiger partial charge in [0.2, 0.25) is 5.13 Å². The Morgan fingerprint density at radius 2 is 1.81 bits per heavy atom. The maximum atomic E-state index is 4.57. The molecule has 0 amide bonds. The minimum Gasteiger partial charge on any atom is -0.356 e. The summed E-state index contributed by atoms with van der Waals surface area (Å²) in [6.07, 6.45) is 0. The third-order valence-electron chi connectivity index (χ3n) is 3.41. The van der Waals surface area contributed by atoms with Crippen molar-refractivity contribution in [3.05, 3.63) is 53.9 Å². The maximum absolute atomic E-state index is 4.57. The third-order valence-corrected chi connectivity index (χ3v) is 4.08. The molecule has 4 heteroatoms. The Balaban J connectivity index is 1.79. The molecule has 3 nitrogen and oxygen atoms in total. The van der Waals surface area contributed by atoms with Crippen molar-refractivity contribution in [3.8, 4) is 0 Å². The fourth-order valence-corrected chi connectivity index (χ4v) is 2.97. The lowest BCUT2D eigenvalue weighted by molar-refractivity contribution is 0.555. The van der Waals surface area contributed by atoms with Crippen LogP contribution in [0.15, 0.2) is 42.5 Å². The number of hydrogen-bond acceptors (Lipinski definition) is 4. The highest BCUT2D eigenvalue weighted by Crippen LogP contribution is 2.24. The van der Waals surface area contributed by atoms with E-state index in [-0.39, 0.29) is 5.41 Å². The molecule has 2 aromatic carbocycles. The summed E-state index contributed by atoms with van der Waals surface area (Å²) in [5.74, 6) is 0.896. The zero-order chi connectivity index (χ0) is 14.9. The van der Waals surface area contributed by atoms with Crippen LogP contribution in [0.3, 0.4) is 0 Å². The first kappa shape index (κ1) is 14.0. The summed E-state index contributed by atoms with van der Waals surface area (Å²) in [7, 11) is 0. The van der Waals surface area contributed by atoms with Gasteiger partial charge in [0.1, 0.15) is 5.82 Å². The van der Waals surface area contributed by atoms with Crippen LogP contribution in [0.5, 0.6) is 0 Å². The van der Waals surface area contributed by atoms with Crippen LogP contribution in [0, 0.1) is 0 Å². The van der Waals surface area contributed by atoms with E-state index in [9.17, 15) is 0 Å². The Labute approximate surface area is 129 Å². The van der Waals surface area contributed by atoms with Crippen LogP contribution in [-0.2, 0) is 12.0 Å². The topological polar surface area (TPSA) is 37.8 Å². The van der Waals surface area contributed by atoms with Crippen LogP contribution in [0.25, 0.3) is 10.8 Å². The highest BCUT2D eigenvalue weighted by Gasteiger charge is 2.19.